The summed E-state index contributed by atoms with van der Waals surface area (Å²) in [7, 11) is 1.56. The molecule has 25 heavy (non-hydrogen) atoms. The van der Waals surface area contributed by atoms with Crippen LogP contribution >= 0.6 is 0 Å². The summed E-state index contributed by atoms with van der Waals surface area (Å²) >= 11 is 0. The number of hydrogen-bond acceptors (Lipinski definition) is 5. The topological polar surface area (TPSA) is 96.9 Å². The molecule has 0 radical (unpaired) electrons. The van der Waals surface area contributed by atoms with Crippen LogP contribution in [0.4, 0.5) is 4.79 Å². The summed E-state index contributed by atoms with van der Waals surface area (Å²) in [6.07, 6.45) is -0.922. The minimum Gasteiger partial charge on any atom is -0.497 e. The van der Waals surface area contributed by atoms with Crippen LogP contribution in [0, 0.1) is 5.92 Å². The molecular formula is C18H28N2O5. The summed E-state index contributed by atoms with van der Waals surface area (Å²) in [6.45, 7) is 6.84. The van der Waals surface area contributed by atoms with Gasteiger partial charge in [-0.1, -0.05) is 26.0 Å². The van der Waals surface area contributed by atoms with Crippen molar-refractivity contribution in [2.75, 3.05) is 13.7 Å². The van der Waals surface area contributed by atoms with Crippen LogP contribution in [0.3, 0.4) is 0 Å². The molecule has 0 spiro atoms. The Morgan fingerprint density at radius 1 is 1.08 bits per heavy atom. The summed E-state index contributed by atoms with van der Waals surface area (Å²) in [5.41, 5.74) is 0.740. The number of nitrogens with one attached hydrogen (secondary N) is 2. The number of hydrogen-bond donors (Lipinski definition) is 3. The lowest BCUT2D eigenvalue weighted by Crippen LogP contribution is -2.51. The highest BCUT2D eigenvalue weighted by Crippen LogP contribution is 2.18. The number of amides is 2. The molecule has 140 valence electrons. The lowest BCUT2D eigenvalue weighted by atomic mass is 10.0. The maximum absolute atomic E-state index is 12.6. The van der Waals surface area contributed by atoms with E-state index in [0.29, 0.717) is 5.75 Å². The second-order valence-electron chi connectivity index (χ2n) is 6.34. The largest absolute Gasteiger partial charge is 0.497 e. The molecule has 0 aliphatic rings. The second kappa shape index (κ2) is 9.88. The summed E-state index contributed by atoms with van der Waals surface area (Å²) in [5, 5.41) is 15.0. The van der Waals surface area contributed by atoms with Crippen LogP contribution in [0.1, 0.15) is 39.3 Å². The molecular weight excluding hydrogens is 324 g/mol. The van der Waals surface area contributed by atoms with Gasteiger partial charge in [-0.15, -0.1) is 0 Å². The average molecular weight is 352 g/mol. The van der Waals surface area contributed by atoms with Gasteiger partial charge < -0.3 is 25.2 Å². The fourth-order valence-electron chi connectivity index (χ4n) is 2.24. The highest BCUT2D eigenvalue weighted by molar-refractivity contribution is 5.86. The molecule has 0 bridgehead atoms. The predicted octanol–water partition coefficient (Wildman–Crippen LogP) is 2.00. The monoisotopic (exact) mass is 352 g/mol. The lowest BCUT2D eigenvalue weighted by Gasteiger charge is -2.25. The molecule has 2 unspecified atom stereocenters. The fourth-order valence-corrected chi connectivity index (χ4v) is 2.24. The van der Waals surface area contributed by atoms with Crippen LogP contribution in [-0.2, 0) is 9.53 Å². The van der Waals surface area contributed by atoms with Gasteiger partial charge in [-0.05, 0) is 37.5 Å². The van der Waals surface area contributed by atoms with E-state index in [4.69, 9.17) is 9.47 Å². The third-order valence-corrected chi connectivity index (χ3v) is 3.58. The van der Waals surface area contributed by atoms with Crippen LogP contribution in [0.15, 0.2) is 24.3 Å². The Morgan fingerprint density at radius 2 is 1.68 bits per heavy atom. The smallest absolute Gasteiger partial charge is 0.408 e. The highest BCUT2D eigenvalue weighted by Gasteiger charge is 2.27. The Morgan fingerprint density at radius 3 is 2.12 bits per heavy atom. The van der Waals surface area contributed by atoms with Crippen LogP contribution < -0.4 is 15.4 Å². The number of ether oxygens (including phenoxy) is 2. The van der Waals surface area contributed by atoms with Crippen molar-refractivity contribution in [1.29, 1.82) is 0 Å². The zero-order chi connectivity index (χ0) is 19.0. The fraction of sp³-hybridized carbons (Fsp3) is 0.556. The van der Waals surface area contributed by atoms with Gasteiger partial charge >= 0.3 is 6.09 Å². The van der Waals surface area contributed by atoms with Crippen molar-refractivity contribution in [3.8, 4) is 5.75 Å². The van der Waals surface area contributed by atoms with Crippen molar-refractivity contribution in [1.82, 2.24) is 10.6 Å². The first-order valence-electron chi connectivity index (χ1n) is 8.30. The van der Waals surface area contributed by atoms with Gasteiger partial charge in [0.05, 0.1) is 25.9 Å². The Balaban J connectivity index is 2.80. The van der Waals surface area contributed by atoms with Crippen LogP contribution in [0.2, 0.25) is 0 Å². The van der Waals surface area contributed by atoms with E-state index in [-0.39, 0.29) is 24.5 Å². The molecule has 7 heteroatoms. The average Bonchev–Trinajstić information content (AvgIpc) is 2.56. The number of methoxy groups -OCH3 is 1. The number of alkyl carbamates (subject to hydrolysis) is 1. The molecule has 2 atom stereocenters. The SMILES string of the molecule is COc1ccc(C(CO)NC(=O)C(NC(=O)OC(C)C)C(C)C)cc1. The molecule has 1 rings (SSSR count). The quantitative estimate of drug-likeness (QED) is 0.665. The molecule has 0 aliphatic heterocycles. The van der Waals surface area contributed by atoms with Crippen molar-refractivity contribution in [3.05, 3.63) is 29.8 Å². The van der Waals surface area contributed by atoms with Gasteiger partial charge in [0, 0.05) is 0 Å². The van der Waals surface area contributed by atoms with E-state index in [9.17, 15) is 14.7 Å². The number of carbonyl (C=O) groups is 2. The number of aliphatic hydroxyl groups is 1. The molecule has 1 aromatic carbocycles. The molecule has 0 aromatic heterocycles. The zero-order valence-corrected chi connectivity index (χ0v) is 15.4. The minimum atomic E-state index is -0.765. The Kier molecular flexibility index (Phi) is 8.21. The summed E-state index contributed by atoms with van der Waals surface area (Å²) in [6, 6.07) is 5.70. The van der Waals surface area contributed by atoms with Gasteiger partial charge in [0.2, 0.25) is 5.91 Å². The number of aliphatic hydroxyl groups excluding tert-OH is 1. The normalized spacial score (nSPS) is 13.3. The third kappa shape index (κ3) is 6.62. The minimum absolute atomic E-state index is 0.144. The van der Waals surface area contributed by atoms with E-state index in [1.54, 1.807) is 45.2 Å². The van der Waals surface area contributed by atoms with Crippen molar-refractivity contribution in [3.63, 3.8) is 0 Å². The molecule has 0 aliphatic carbocycles. The second-order valence-corrected chi connectivity index (χ2v) is 6.34. The first-order chi connectivity index (χ1) is 11.8. The maximum Gasteiger partial charge on any atom is 0.408 e. The zero-order valence-electron chi connectivity index (χ0n) is 15.4. The number of rotatable bonds is 8. The van der Waals surface area contributed by atoms with Crippen LogP contribution in [-0.4, -0.2) is 43.0 Å². The van der Waals surface area contributed by atoms with E-state index < -0.39 is 18.2 Å². The first kappa shape index (κ1) is 20.8. The first-order valence-corrected chi connectivity index (χ1v) is 8.30. The van der Waals surface area contributed by atoms with Crippen molar-refractivity contribution in [2.24, 2.45) is 5.92 Å². The van der Waals surface area contributed by atoms with Gasteiger partial charge in [-0.3, -0.25) is 4.79 Å². The summed E-state index contributed by atoms with van der Waals surface area (Å²) < 4.78 is 10.1. The van der Waals surface area contributed by atoms with E-state index in [1.807, 2.05) is 13.8 Å². The summed E-state index contributed by atoms with van der Waals surface area (Å²) in [4.78, 5) is 24.3. The maximum atomic E-state index is 12.6. The van der Waals surface area contributed by atoms with Gasteiger partial charge in [0.15, 0.2) is 0 Å². The van der Waals surface area contributed by atoms with Crippen LogP contribution in [0.5, 0.6) is 5.75 Å². The Labute approximate surface area is 148 Å². The van der Waals surface area contributed by atoms with Crippen LogP contribution in [0.25, 0.3) is 0 Å². The number of carbonyl (C=O) groups excluding carboxylic acids is 2. The number of benzene rings is 1. The molecule has 7 nitrogen and oxygen atoms in total. The summed E-state index contributed by atoms with van der Waals surface area (Å²) in [5.74, 6) is 0.158. The molecule has 0 fully saturated rings. The standard InChI is InChI=1S/C18H28N2O5/c1-11(2)16(20-18(23)25-12(3)4)17(22)19-15(10-21)13-6-8-14(24-5)9-7-13/h6-9,11-12,15-16,21H,10H2,1-5H3,(H,19,22)(H,20,23). The van der Waals surface area contributed by atoms with Crippen molar-refractivity contribution < 1.29 is 24.2 Å². The van der Waals surface area contributed by atoms with E-state index in [1.165, 1.54) is 0 Å². The Bertz CT molecular complexity index is 557. The molecule has 3 N–H and O–H groups in total. The van der Waals surface area contributed by atoms with Crippen molar-refractivity contribution >= 4 is 12.0 Å². The molecule has 0 saturated carbocycles. The molecule has 2 amide bonds. The van der Waals surface area contributed by atoms with Gasteiger partial charge in [0.25, 0.3) is 0 Å². The molecule has 0 heterocycles. The highest BCUT2D eigenvalue weighted by atomic mass is 16.6. The predicted molar refractivity (Wildman–Crippen MR) is 94.3 cm³/mol. The van der Waals surface area contributed by atoms with Crippen molar-refractivity contribution in [2.45, 2.75) is 45.9 Å². The van der Waals surface area contributed by atoms with E-state index in [2.05, 4.69) is 10.6 Å². The molecule has 1 aromatic rings. The van der Waals surface area contributed by atoms with E-state index >= 15 is 0 Å². The molecule has 0 saturated heterocycles. The van der Waals surface area contributed by atoms with Gasteiger partial charge in [-0.2, -0.15) is 0 Å². The Hall–Kier alpha value is -2.28. The van der Waals surface area contributed by atoms with E-state index in [0.717, 1.165) is 5.56 Å². The third-order valence-electron chi connectivity index (χ3n) is 3.58. The van der Waals surface area contributed by atoms with Gasteiger partial charge in [-0.25, -0.2) is 4.79 Å². The van der Waals surface area contributed by atoms with Gasteiger partial charge in [0.1, 0.15) is 11.8 Å². The lowest BCUT2D eigenvalue weighted by molar-refractivity contribution is -0.125.